The fourth-order valence-electron chi connectivity index (χ4n) is 3.54. The highest BCUT2D eigenvalue weighted by molar-refractivity contribution is 5.90. The lowest BCUT2D eigenvalue weighted by Crippen LogP contribution is -2.43. The summed E-state index contributed by atoms with van der Waals surface area (Å²) in [6, 6.07) is 4.07. The predicted octanol–water partition coefficient (Wildman–Crippen LogP) is 2.22. The first-order valence-electron chi connectivity index (χ1n) is 9.50. The zero-order chi connectivity index (χ0) is 21.3. The number of hydrogen-bond acceptors (Lipinski definition) is 5. The minimum Gasteiger partial charge on any atom is -0.378 e. The number of anilines is 2. The van der Waals surface area contributed by atoms with Gasteiger partial charge in [-0.2, -0.15) is 13.2 Å². The molecule has 0 spiro atoms. The number of fused-ring (bicyclic) bond motifs is 1. The number of halogens is 3. The fourth-order valence-corrected chi connectivity index (χ4v) is 3.54. The van der Waals surface area contributed by atoms with Gasteiger partial charge in [-0.05, 0) is 12.1 Å². The number of para-hydroxylation sites is 1. The molecule has 2 aliphatic rings. The van der Waals surface area contributed by atoms with Crippen LogP contribution in [0, 0.1) is 0 Å². The molecule has 1 saturated heterocycles. The number of aromatic amines is 1. The number of hydrogen-bond donors (Lipinski definition) is 2. The number of aromatic nitrogens is 2. The summed E-state index contributed by atoms with van der Waals surface area (Å²) < 4.78 is 44.8. The van der Waals surface area contributed by atoms with E-state index in [2.05, 4.69) is 15.3 Å². The lowest BCUT2D eigenvalue weighted by molar-refractivity contribution is -0.136. The Bertz CT molecular complexity index is 1000. The molecular formula is C19H20F3N5O3. The van der Waals surface area contributed by atoms with Crippen LogP contribution in [0.3, 0.4) is 0 Å². The second-order valence-corrected chi connectivity index (χ2v) is 7.06. The molecule has 0 radical (unpaired) electrons. The predicted molar refractivity (Wildman–Crippen MR) is 102 cm³/mol. The van der Waals surface area contributed by atoms with Crippen LogP contribution >= 0.6 is 0 Å². The van der Waals surface area contributed by atoms with Gasteiger partial charge in [0.1, 0.15) is 0 Å². The maximum atomic E-state index is 13.2. The monoisotopic (exact) mass is 423 g/mol. The molecule has 0 saturated carbocycles. The summed E-state index contributed by atoms with van der Waals surface area (Å²) in [4.78, 5) is 35.7. The average Bonchev–Trinajstić information content (AvgIpc) is 2.73. The quantitative estimate of drug-likeness (QED) is 0.773. The van der Waals surface area contributed by atoms with Gasteiger partial charge < -0.3 is 19.9 Å². The molecule has 4 rings (SSSR count). The SMILES string of the molecule is O=C(Nc1ccccc1C(F)(F)F)N1CCc2nc(N3CCOCC3)[nH]c(=O)c2C1. The summed E-state index contributed by atoms with van der Waals surface area (Å²) in [6.07, 6.45) is -4.25. The number of H-pyrrole nitrogens is 1. The topological polar surface area (TPSA) is 90.6 Å². The average molecular weight is 423 g/mol. The van der Waals surface area contributed by atoms with E-state index >= 15 is 0 Å². The third-order valence-corrected chi connectivity index (χ3v) is 5.13. The number of nitrogens with one attached hydrogen (secondary N) is 2. The molecule has 2 aromatic rings. The Morgan fingerprint density at radius 1 is 1.17 bits per heavy atom. The zero-order valence-corrected chi connectivity index (χ0v) is 16.0. The van der Waals surface area contributed by atoms with Crippen molar-refractivity contribution in [2.75, 3.05) is 43.1 Å². The van der Waals surface area contributed by atoms with Crippen molar-refractivity contribution >= 4 is 17.7 Å². The van der Waals surface area contributed by atoms with Gasteiger partial charge in [-0.15, -0.1) is 0 Å². The number of amides is 2. The number of nitrogens with zero attached hydrogens (tertiary/aromatic N) is 3. The van der Waals surface area contributed by atoms with E-state index in [9.17, 15) is 22.8 Å². The second-order valence-electron chi connectivity index (χ2n) is 7.06. The standard InChI is InChI=1S/C19H20F3N5O3/c20-19(21,22)13-3-1-2-4-15(13)24-18(29)27-6-5-14-12(11-27)16(28)25-17(23-14)26-7-9-30-10-8-26/h1-4H,5-11H2,(H,24,29)(H,23,25,28). The van der Waals surface area contributed by atoms with Crippen LogP contribution in [0.5, 0.6) is 0 Å². The summed E-state index contributed by atoms with van der Waals surface area (Å²) in [7, 11) is 0. The molecule has 0 aliphatic carbocycles. The van der Waals surface area contributed by atoms with E-state index in [0.717, 1.165) is 6.07 Å². The van der Waals surface area contributed by atoms with Crippen LogP contribution in [0.4, 0.5) is 29.6 Å². The van der Waals surface area contributed by atoms with Gasteiger partial charge in [-0.1, -0.05) is 12.1 Å². The molecule has 2 aliphatic heterocycles. The maximum absolute atomic E-state index is 13.2. The first-order valence-corrected chi connectivity index (χ1v) is 9.50. The van der Waals surface area contributed by atoms with E-state index in [4.69, 9.17) is 4.74 Å². The molecule has 1 aromatic carbocycles. The number of rotatable bonds is 2. The number of carbonyl (C=O) groups excluding carboxylic acids is 1. The van der Waals surface area contributed by atoms with E-state index in [1.54, 1.807) is 0 Å². The Labute approximate surface area is 169 Å². The molecule has 160 valence electrons. The molecule has 0 bridgehead atoms. The molecule has 2 N–H and O–H groups in total. The Hall–Kier alpha value is -3.08. The van der Waals surface area contributed by atoms with E-state index < -0.39 is 17.8 Å². The summed E-state index contributed by atoms with van der Waals surface area (Å²) in [5, 5.41) is 2.31. The van der Waals surface area contributed by atoms with Gasteiger partial charge in [-0.25, -0.2) is 9.78 Å². The normalized spacial score (nSPS) is 16.9. The first kappa shape index (κ1) is 20.2. The van der Waals surface area contributed by atoms with Crippen molar-refractivity contribution in [3.05, 3.63) is 51.4 Å². The van der Waals surface area contributed by atoms with Crippen LogP contribution in [0.1, 0.15) is 16.8 Å². The van der Waals surface area contributed by atoms with Crippen molar-refractivity contribution in [2.45, 2.75) is 19.1 Å². The number of carbonyl (C=O) groups is 1. The van der Waals surface area contributed by atoms with Gasteiger partial charge in [-0.3, -0.25) is 9.78 Å². The highest BCUT2D eigenvalue weighted by atomic mass is 19.4. The largest absolute Gasteiger partial charge is 0.418 e. The highest BCUT2D eigenvalue weighted by Crippen LogP contribution is 2.34. The Balaban J connectivity index is 1.51. The van der Waals surface area contributed by atoms with Crippen molar-refractivity contribution in [2.24, 2.45) is 0 Å². The van der Waals surface area contributed by atoms with Gasteiger partial charge in [0.25, 0.3) is 5.56 Å². The van der Waals surface area contributed by atoms with Gasteiger partial charge in [0.2, 0.25) is 5.95 Å². The van der Waals surface area contributed by atoms with Gasteiger partial charge >= 0.3 is 12.2 Å². The second kappa shape index (κ2) is 7.98. The summed E-state index contributed by atoms with van der Waals surface area (Å²) >= 11 is 0. The molecule has 1 fully saturated rings. The van der Waals surface area contributed by atoms with Gasteiger partial charge in [0.15, 0.2) is 0 Å². The van der Waals surface area contributed by atoms with Crippen LogP contribution in [-0.4, -0.2) is 53.7 Å². The lowest BCUT2D eigenvalue weighted by Gasteiger charge is -2.31. The zero-order valence-electron chi connectivity index (χ0n) is 16.0. The minimum absolute atomic E-state index is 0.0267. The molecule has 8 nitrogen and oxygen atoms in total. The van der Waals surface area contributed by atoms with Gasteiger partial charge in [0.05, 0.1) is 42.3 Å². The molecule has 3 heterocycles. The summed E-state index contributed by atoms with van der Waals surface area (Å²) in [6.45, 7) is 2.55. The van der Waals surface area contributed by atoms with E-state index in [-0.39, 0.29) is 24.3 Å². The fraction of sp³-hybridized carbons (Fsp3) is 0.421. The lowest BCUT2D eigenvalue weighted by atomic mass is 10.1. The first-order chi connectivity index (χ1) is 14.3. The van der Waals surface area contributed by atoms with E-state index in [0.29, 0.717) is 49.9 Å². The third-order valence-electron chi connectivity index (χ3n) is 5.13. The summed E-state index contributed by atoms with van der Waals surface area (Å²) in [5.74, 6) is 0.471. The van der Waals surface area contributed by atoms with Gasteiger partial charge in [0, 0.05) is 26.1 Å². The molecule has 1 aromatic heterocycles. The van der Waals surface area contributed by atoms with Crippen LogP contribution in [0.15, 0.2) is 29.1 Å². The molecule has 11 heteroatoms. The maximum Gasteiger partial charge on any atom is 0.418 e. The van der Waals surface area contributed by atoms with Crippen molar-refractivity contribution < 1.29 is 22.7 Å². The Morgan fingerprint density at radius 2 is 1.90 bits per heavy atom. The third kappa shape index (κ3) is 4.11. The molecule has 0 atom stereocenters. The van der Waals surface area contributed by atoms with Crippen molar-refractivity contribution in [3.8, 4) is 0 Å². The number of ether oxygens (including phenoxy) is 1. The Morgan fingerprint density at radius 3 is 2.63 bits per heavy atom. The summed E-state index contributed by atoms with van der Waals surface area (Å²) in [5.41, 5.74) is -0.659. The van der Waals surface area contributed by atoms with Crippen LogP contribution in [-0.2, 0) is 23.9 Å². The number of urea groups is 1. The highest BCUT2D eigenvalue weighted by Gasteiger charge is 2.34. The molecule has 30 heavy (non-hydrogen) atoms. The van der Waals surface area contributed by atoms with Crippen molar-refractivity contribution in [1.82, 2.24) is 14.9 Å². The Kier molecular flexibility index (Phi) is 5.37. The number of benzene rings is 1. The number of morpholine rings is 1. The molecular weight excluding hydrogens is 403 g/mol. The van der Waals surface area contributed by atoms with Crippen LogP contribution in [0.25, 0.3) is 0 Å². The van der Waals surface area contributed by atoms with E-state index in [1.165, 1.54) is 23.1 Å². The van der Waals surface area contributed by atoms with E-state index in [1.807, 2.05) is 4.90 Å². The molecule has 2 amide bonds. The van der Waals surface area contributed by atoms with Crippen molar-refractivity contribution in [1.29, 1.82) is 0 Å². The number of alkyl halides is 3. The molecule has 0 unspecified atom stereocenters. The van der Waals surface area contributed by atoms with Crippen LogP contribution in [0.2, 0.25) is 0 Å². The van der Waals surface area contributed by atoms with Crippen molar-refractivity contribution in [3.63, 3.8) is 0 Å². The smallest absolute Gasteiger partial charge is 0.378 e. The van der Waals surface area contributed by atoms with Crippen LogP contribution < -0.4 is 15.8 Å². The minimum atomic E-state index is -4.59.